The van der Waals surface area contributed by atoms with Crippen LogP contribution in [0.5, 0.6) is 0 Å². The van der Waals surface area contributed by atoms with Gasteiger partial charge in [-0.2, -0.15) is 5.26 Å². The summed E-state index contributed by atoms with van der Waals surface area (Å²) in [5, 5.41) is 19.1. The van der Waals surface area contributed by atoms with Gasteiger partial charge < -0.3 is 0 Å². The Morgan fingerprint density at radius 1 is 1.27 bits per heavy atom. The normalized spacial score (nSPS) is 15.1. The van der Waals surface area contributed by atoms with Gasteiger partial charge in [0.25, 0.3) is 0 Å². The zero-order valence-corrected chi connectivity index (χ0v) is 13.8. The van der Waals surface area contributed by atoms with Crippen molar-refractivity contribution in [2.45, 2.75) is 43.3 Å². The highest BCUT2D eigenvalue weighted by molar-refractivity contribution is 7.99. The van der Waals surface area contributed by atoms with Crippen LogP contribution in [-0.4, -0.2) is 20.5 Å². The minimum atomic E-state index is 0.436. The number of hydrogen-bond donors (Lipinski definition) is 0. The number of rotatable bonds is 5. The molecule has 114 valence electrons. The molecule has 0 amide bonds. The topological polar surface area (TPSA) is 54.5 Å². The SMILES string of the molecule is N#CCCSc1nnc(-c2ccccc2Cl)n1C1CCCC1. The predicted octanol–water partition coefficient (Wildman–Crippen LogP) is 4.72. The van der Waals surface area contributed by atoms with Crippen molar-refractivity contribution < 1.29 is 0 Å². The van der Waals surface area contributed by atoms with Gasteiger partial charge in [-0.15, -0.1) is 10.2 Å². The number of nitrogens with zero attached hydrogens (tertiary/aromatic N) is 4. The van der Waals surface area contributed by atoms with Crippen LogP contribution in [-0.2, 0) is 0 Å². The Balaban J connectivity index is 1.99. The highest BCUT2D eigenvalue weighted by atomic mass is 35.5. The van der Waals surface area contributed by atoms with Crippen molar-refractivity contribution in [1.82, 2.24) is 14.8 Å². The maximum Gasteiger partial charge on any atom is 0.191 e. The minimum Gasteiger partial charge on any atom is -0.299 e. The van der Waals surface area contributed by atoms with Gasteiger partial charge in [0, 0.05) is 23.8 Å². The molecule has 1 saturated carbocycles. The average Bonchev–Trinajstić information content (AvgIpc) is 3.17. The van der Waals surface area contributed by atoms with Crippen molar-refractivity contribution in [2.24, 2.45) is 0 Å². The third-order valence-electron chi connectivity index (χ3n) is 3.91. The fraction of sp³-hybridized carbons (Fsp3) is 0.438. The Hall–Kier alpha value is -1.51. The molecule has 0 N–H and O–H groups in total. The number of benzene rings is 1. The Labute approximate surface area is 139 Å². The first-order chi connectivity index (χ1) is 10.8. The van der Waals surface area contributed by atoms with Crippen LogP contribution in [0.2, 0.25) is 5.02 Å². The molecule has 22 heavy (non-hydrogen) atoms. The van der Waals surface area contributed by atoms with Gasteiger partial charge in [-0.1, -0.05) is 48.3 Å². The van der Waals surface area contributed by atoms with Crippen LogP contribution < -0.4 is 0 Å². The predicted molar refractivity (Wildman–Crippen MR) is 88.9 cm³/mol. The summed E-state index contributed by atoms with van der Waals surface area (Å²) in [5.41, 5.74) is 0.927. The first-order valence-electron chi connectivity index (χ1n) is 7.51. The van der Waals surface area contributed by atoms with Crippen molar-refractivity contribution >= 4 is 23.4 Å². The summed E-state index contributed by atoms with van der Waals surface area (Å²) in [5.74, 6) is 1.58. The molecule has 1 aromatic carbocycles. The van der Waals surface area contributed by atoms with Gasteiger partial charge >= 0.3 is 0 Å². The summed E-state index contributed by atoms with van der Waals surface area (Å²) in [7, 11) is 0. The molecule has 4 nitrogen and oxygen atoms in total. The maximum absolute atomic E-state index is 8.72. The minimum absolute atomic E-state index is 0.436. The molecule has 0 bridgehead atoms. The number of halogens is 1. The van der Waals surface area contributed by atoms with E-state index in [-0.39, 0.29) is 0 Å². The van der Waals surface area contributed by atoms with Crippen LogP contribution in [0.15, 0.2) is 29.4 Å². The molecule has 0 saturated heterocycles. The second-order valence-corrected chi connectivity index (χ2v) is 6.82. The molecule has 1 aromatic heterocycles. The highest BCUT2D eigenvalue weighted by Crippen LogP contribution is 2.38. The van der Waals surface area contributed by atoms with Crippen molar-refractivity contribution in [3.63, 3.8) is 0 Å². The first-order valence-corrected chi connectivity index (χ1v) is 8.87. The van der Waals surface area contributed by atoms with E-state index in [1.54, 1.807) is 11.8 Å². The Morgan fingerprint density at radius 3 is 2.77 bits per heavy atom. The Kier molecular flexibility index (Phi) is 5.01. The third-order valence-corrected chi connectivity index (χ3v) is 5.19. The number of aromatic nitrogens is 3. The van der Waals surface area contributed by atoms with Crippen molar-refractivity contribution in [3.8, 4) is 17.5 Å². The number of hydrogen-bond acceptors (Lipinski definition) is 4. The first kappa shape index (κ1) is 15.4. The molecule has 1 aliphatic rings. The lowest BCUT2D eigenvalue weighted by molar-refractivity contribution is 0.485. The van der Waals surface area contributed by atoms with Crippen LogP contribution in [0.3, 0.4) is 0 Å². The van der Waals surface area contributed by atoms with E-state index in [0.29, 0.717) is 17.5 Å². The van der Waals surface area contributed by atoms with E-state index in [0.717, 1.165) is 35.1 Å². The van der Waals surface area contributed by atoms with E-state index in [1.165, 1.54) is 12.8 Å². The molecule has 0 aliphatic heterocycles. The zero-order chi connectivity index (χ0) is 15.4. The van der Waals surface area contributed by atoms with Crippen LogP contribution in [0.4, 0.5) is 0 Å². The Bertz CT molecular complexity index is 686. The molecule has 1 aliphatic carbocycles. The van der Waals surface area contributed by atoms with Crippen LogP contribution >= 0.6 is 23.4 Å². The molecule has 3 rings (SSSR count). The molecule has 0 unspecified atom stereocenters. The van der Waals surface area contributed by atoms with Crippen molar-refractivity contribution in [2.75, 3.05) is 5.75 Å². The maximum atomic E-state index is 8.72. The van der Waals surface area contributed by atoms with Crippen LogP contribution in [0.1, 0.15) is 38.1 Å². The standard InChI is InChI=1S/C16H17ClN4S/c17-14-9-4-3-8-13(14)15-19-20-16(22-11-5-10-18)21(15)12-6-1-2-7-12/h3-4,8-9,12H,1-2,5-7,11H2. The van der Waals surface area contributed by atoms with Gasteiger partial charge in [-0.3, -0.25) is 4.57 Å². The summed E-state index contributed by atoms with van der Waals surface area (Å²) >= 11 is 7.95. The largest absolute Gasteiger partial charge is 0.299 e. The van der Waals surface area contributed by atoms with Gasteiger partial charge in [0.15, 0.2) is 11.0 Å². The van der Waals surface area contributed by atoms with E-state index >= 15 is 0 Å². The lowest BCUT2D eigenvalue weighted by Crippen LogP contribution is -2.08. The van der Waals surface area contributed by atoms with E-state index in [9.17, 15) is 0 Å². The van der Waals surface area contributed by atoms with Crippen molar-refractivity contribution in [1.29, 1.82) is 5.26 Å². The number of thioether (sulfide) groups is 1. The summed E-state index contributed by atoms with van der Waals surface area (Å²) in [6.07, 6.45) is 5.31. The van der Waals surface area contributed by atoms with Crippen molar-refractivity contribution in [3.05, 3.63) is 29.3 Å². The molecule has 6 heteroatoms. The molecular weight excluding hydrogens is 316 g/mol. The molecule has 0 atom stereocenters. The summed E-state index contributed by atoms with van der Waals surface area (Å²) < 4.78 is 2.23. The molecular formula is C16H17ClN4S. The summed E-state index contributed by atoms with van der Waals surface area (Å²) in [6.45, 7) is 0. The van der Waals surface area contributed by atoms with Crippen LogP contribution in [0, 0.1) is 11.3 Å². The highest BCUT2D eigenvalue weighted by Gasteiger charge is 2.25. The summed E-state index contributed by atoms with van der Waals surface area (Å²) in [4.78, 5) is 0. The summed E-state index contributed by atoms with van der Waals surface area (Å²) in [6, 6.07) is 10.4. The third kappa shape index (κ3) is 3.13. The molecule has 0 radical (unpaired) electrons. The second-order valence-electron chi connectivity index (χ2n) is 5.35. The molecule has 1 fully saturated rings. The molecule has 0 spiro atoms. The fourth-order valence-corrected chi connectivity index (χ4v) is 3.95. The van der Waals surface area contributed by atoms with Gasteiger partial charge in [-0.05, 0) is 25.0 Å². The zero-order valence-electron chi connectivity index (χ0n) is 12.2. The lowest BCUT2D eigenvalue weighted by atomic mass is 10.2. The molecule has 2 aromatic rings. The van der Waals surface area contributed by atoms with Crippen LogP contribution in [0.25, 0.3) is 11.4 Å². The van der Waals surface area contributed by atoms with Gasteiger partial charge in [0.2, 0.25) is 0 Å². The van der Waals surface area contributed by atoms with Gasteiger partial charge in [0.1, 0.15) is 0 Å². The lowest BCUT2D eigenvalue weighted by Gasteiger charge is -2.17. The van der Waals surface area contributed by atoms with E-state index < -0.39 is 0 Å². The van der Waals surface area contributed by atoms with Gasteiger partial charge in [0.05, 0.1) is 11.1 Å². The fourth-order valence-electron chi connectivity index (χ4n) is 2.88. The quantitative estimate of drug-likeness (QED) is 0.587. The van der Waals surface area contributed by atoms with E-state index in [2.05, 4.69) is 20.8 Å². The monoisotopic (exact) mass is 332 g/mol. The van der Waals surface area contributed by atoms with E-state index in [1.807, 2.05) is 24.3 Å². The molecule has 1 heterocycles. The van der Waals surface area contributed by atoms with Gasteiger partial charge in [-0.25, -0.2) is 0 Å². The number of nitriles is 1. The van der Waals surface area contributed by atoms with E-state index in [4.69, 9.17) is 16.9 Å². The second kappa shape index (κ2) is 7.17. The smallest absolute Gasteiger partial charge is 0.191 e. The Morgan fingerprint density at radius 2 is 2.05 bits per heavy atom. The average molecular weight is 333 g/mol.